The van der Waals surface area contributed by atoms with Crippen molar-refractivity contribution in [3.05, 3.63) is 29.8 Å². The second kappa shape index (κ2) is 11.7. The highest BCUT2D eigenvalue weighted by Gasteiger charge is 2.38. The van der Waals surface area contributed by atoms with Gasteiger partial charge >= 0.3 is 0 Å². The monoisotopic (exact) mass is 468 g/mol. The van der Waals surface area contributed by atoms with Gasteiger partial charge in [-0.2, -0.15) is 8.42 Å². The Hall–Kier alpha value is -0.610. The van der Waals surface area contributed by atoms with Gasteiger partial charge in [0.15, 0.2) is 0 Å². The van der Waals surface area contributed by atoms with Crippen molar-refractivity contribution in [1.29, 1.82) is 0 Å². The zero-order valence-electron chi connectivity index (χ0n) is 16.9. The number of hydrogen-bond acceptors (Lipinski definition) is 5. The first-order chi connectivity index (χ1) is 12.9. The summed E-state index contributed by atoms with van der Waals surface area (Å²) in [5.74, 6) is 0.789. The van der Waals surface area contributed by atoms with E-state index in [2.05, 4.69) is 21.4 Å². The molecule has 5 N–H and O–H groups in total. The van der Waals surface area contributed by atoms with E-state index in [0.717, 1.165) is 50.1 Å². The molecule has 0 amide bonds. The molecule has 168 valence electrons. The summed E-state index contributed by atoms with van der Waals surface area (Å²) in [7, 11) is -2.08. The molecule has 1 saturated carbocycles. The van der Waals surface area contributed by atoms with Gasteiger partial charge in [-0.1, -0.05) is 12.1 Å². The summed E-state index contributed by atoms with van der Waals surface area (Å²) in [6, 6.07) is 9.03. The molecular weight excluding hydrogens is 435 g/mol. The third-order valence-corrected chi connectivity index (χ3v) is 6.59. The molecule has 3 rings (SSSR count). The zero-order chi connectivity index (χ0) is 19.3. The van der Waals surface area contributed by atoms with E-state index in [0.29, 0.717) is 18.6 Å². The molecule has 2 fully saturated rings. The second-order valence-corrected chi connectivity index (χ2v) is 9.22. The van der Waals surface area contributed by atoms with Crippen molar-refractivity contribution >= 4 is 35.0 Å². The fraction of sp³-hybridized carbons (Fsp3) is 0.684. The number of benzene rings is 1. The Morgan fingerprint density at radius 3 is 2.34 bits per heavy atom. The van der Waals surface area contributed by atoms with Crippen molar-refractivity contribution in [3.8, 4) is 5.75 Å². The number of nitrogens with one attached hydrogen (secondary N) is 3. The lowest BCUT2D eigenvalue weighted by molar-refractivity contribution is 0.224. The highest BCUT2D eigenvalue weighted by atomic mass is 35.5. The molecule has 0 unspecified atom stereocenters. The summed E-state index contributed by atoms with van der Waals surface area (Å²) in [5.41, 5.74) is 0.853. The van der Waals surface area contributed by atoms with Gasteiger partial charge in [0.25, 0.3) is 10.2 Å². The predicted molar refractivity (Wildman–Crippen MR) is 122 cm³/mol. The zero-order valence-corrected chi connectivity index (χ0v) is 19.3. The van der Waals surface area contributed by atoms with Crippen molar-refractivity contribution in [1.82, 2.24) is 15.4 Å². The molecule has 0 aromatic heterocycles. The predicted octanol–water partition coefficient (Wildman–Crippen LogP) is 1.85. The number of hydrogen-bond donors (Lipinski definition) is 4. The van der Waals surface area contributed by atoms with Crippen LogP contribution in [0.4, 0.5) is 0 Å². The summed E-state index contributed by atoms with van der Waals surface area (Å²) in [4.78, 5) is 0. The molecule has 2 aliphatic rings. The van der Waals surface area contributed by atoms with Crippen LogP contribution in [-0.2, 0) is 15.6 Å². The topological polar surface area (TPSA) is 105 Å². The van der Waals surface area contributed by atoms with E-state index in [9.17, 15) is 8.42 Å². The minimum atomic E-state index is -3.73. The maximum atomic E-state index is 11.5. The molecule has 7 nitrogen and oxygen atoms in total. The van der Waals surface area contributed by atoms with E-state index in [4.69, 9.17) is 9.88 Å². The third-order valence-electron chi connectivity index (χ3n) is 6.05. The Kier molecular flexibility index (Phi) is 10.7. The van der Waals surface area contributed by atoms with Gasteiger partial charge in [0.1, 0.15) is 5.75 Å². The quantitative estimate of drug-likeness (QED) is 0.488. The molecule has 0 radical (unpaired) electrons. The molecule has 1 heterocycles. The van der Waals surface area contributed by atoms with Crippen molar-refractivity contribution < 1.29 is 13.2 Å². The van der Waals surface area contributed by atoms with E-state index in [-0.39, 0.29) is 30.2 Å². The minimum Gasteiger partial charge on any atom is -0.497 e. The molecule has 1 aliphatic carbocycles. The molecule has 1 aliphatic heterocycles. The minimum absolute atomic E-state index is 0. The first-order valence-corrected chi connectivity index (χ1v) is 11.3. The Bertz CT molecular complexity index is 722. The fourth-order valence-corrected chi connectivity index (χ4v) is 4.90. The molecule has 29 heavy (non-hydrogen) atoms. The summed E-state index contributed by atoms with van der Waals surface area (Å²) in [6.07, 6.45) is 6.20. The van der Waals surface area contributed by atoms with Gasteiger partial charge in [-0.15, -0.1) is 24.8 Å². The number of nitrogens with two attached hydrogens (primary N) is 1. The lowest BCUT2D eigenvalue weighted by Gasteiger charge is -2.42. The normalized spacial score (nSPS) is 25.5. The maximum absolute atomic E-state index is 11.5. The number of halogens is 2. The Morgan fingerprint density at radius 2 is 1.76 bits per heavy atom. The summed E-state index contributed by atoms with van der Waals surface area (Å²) in [5, 5.41) is 12.4. The average molecular weight is 469 g/mol. The van der Waals surface area contributed by atoms with Gasteiger partial charge in [-0.25, -0.2) is 9.86 Å². The number of rotatable bonds is 7. The highest BCUT2D eigenvalue weighted by molar-refractivity contribution is 7.87. The van der Waals surface area contributed by atoms with Gasteiger partial charge in [-0.05, 0) is 69.3 Å². The van der Waals surface area contributed by atoms with Crippen molar-refractivity contribution in [3.63, 3.8) is 0 Å². The molecule has 1 aromatic rings. The Balaban J connectivity index is 0.00000210. The largest absolute Gasteiger partial charge is 0.497 e. The van der Waals surface area contributed by atoms with Gasteiger partial charge in [0.05, 0.1) is 7.11 Å². The molecule has 1 aromatic carbocycles. The summed E-state index contributed by atoms with van der Waals surface area (Å²) < 4.78 is 31.0. The van der Waals surface area contributed by atoms with E-state index in [1.807, 2.05) is 18.2 Å². The molecular formula is C19H34Cl2N4O3S. The van der Waals surface area contributed by atoms with E-state index >= 15 is 0 Å². The number of methoxy groups -OCH3 is 1. The van der Waals surface area contributed by atoms with Crippen LogP contribution in [0, 0.1) is 0 Å². The van der Waals surface area contributed by atoms with Crippen LogP contribution in [0.2, 0.25) is 0 Å². The van der Waals surface area contributed by atoms with Crippen LogP contribution in [0.1, 0.15) is 44.1 Å². The standard InChI is InChI=1S/C19H32N4O3S.2ClH/c1-26-18-4-2-3-15(13-18)19(14-22-27(20,24)25)9-5-16(6-10-19)23-17-7-11-21-12-8-17;;/h2-4,13,16-17,21-23H,5-12,14H2,1H3,(H2,20,24,25);2*1H. The Morgan fingerprint density at radius 1 is 1.14 bits per heavy atom. The van der Waals surface area contributed by atoms with Crippen LogP contribution in [0.15, 0.2) is 24.3 Å². The third kappa shape index (κ3) is 7.54. The first kappa shape index (κ1) is 26.4. The fourth-order valence-electron chi connectivity index (χ4n) is 4.42. The SMILES string of the molecule is COc1cccc(C2(CNS(N)(=O)=O)CCC(NC3CCNCC3)CC2)c1.Cl.Cl. The summed E-state index contributed by atoms with van der Waals surface area (Å²) >= 11 is 0. The molecule has 0 spiro atoms. The van der Waals surface area contributed by atoms with Crippen LogP contribution in [0.5, 0.6) is 5.75 Å². The molecule has 10 heteroatoms. The maximum Gasteiger partial charge on any atom is 0.274 e. The van der Waals surface area contributed by atoms with Crippen LogP contribution < -0.4 is 25.2 Å². The molecule has 1 saturated heterocycles. The molecule has 0 bridgehead atoms. The van der Waals surface area contributed by atoms with E-state index in [1.165, 1.54) is 12.8 Å². The van der Waals surface area contributed by atoms with E-state index in [1.54, 1.807) is 7.11 Å². The second-order valence-electron chi connectivity index (χ2n) is 7.84. The first-order valence-electron chi connectivity index (χ1n) is 9.79. The van der Waals surface area contributed by atoms with Crippen LogP contribution in [-0.4, -0.2) is 47.2 Å². The van der Waals surface area contributed by atoms with Crippen LogP contribution >= 0.6 is 24.8 Å². The highest BCUT2D eigenvalue weighted by Crippen LogP contribution is 2.40. The molecule has 0 atom stereocenters. The average Bonchev–Trinajstić information content (AvgIpc) is 2.68. The number of piperidine rings is 1. The van der Waals surface area contributed by atoms with Gasteiger partial charge in [-0.3, -0.25) is 0 Å². The summed E-state index contributed by atoms with van der Waals surface area (Å²) in [6.45, 7) is 2.48. The Labute approximate surface area is 186 Å². The van der Waals surface area contributed by atoms with E-state index < -0.39 is 10.2 Å². The van der Waals surface area contributed by atoms with Crippen molar-refractivity contribution in [2.45, 2.75) is 56.0 Å². The lowest BCUT2D eigenvalue weighted by atomic mass is 9.68. The van der Waals surface area contributed by atoms with Crippen LogP contribution in [0.25, 0.3) is 0 Å². The van der Waals surface area contributed by atoms with Gasteiger partial charge in [0.2, 0.25) is 0 Å². The number of ether oxygens (including phenoxy) is 1. The van der Waals surface area contributed by atoms with Gasteiger partial charge in [0, 0.05) is 24.0 Å². The van der Waals surface area contributed by atoms with Crippen molar-refractivity contribution in [2.75, 3.05) is 26.7 Å². The van der Waals surface area contributed by atoms with Gasteiger partial charge < -0.3 is 15.4 Å². The lowest BCUT2D eigenvalue weighted by Crippen LogP contribution is -2.50. The van der Waals surface area contributed by atoms with Crippen LogP contribution in [0.3, 0.4) is 0 Å². The smallest absolute Gasteiger partial charge is 0.274 e. The van der Waals surface area contributed by atoms with Crippen molar-refractivity contribution in [2.24, 2.45) is 5.14 Å².